The second-order valence-electron chi connectivity index (χ2n) is 11.2. The molecule has 0 radical (unpaired) electrons. The van der Waals surface area contributed by atoms with Crippen LogP contribution in [0.3, 0.4) is 0 Å². The van der Waals surface area contributed by atoms with E-state index in [2.05, 4.69) is 35.8 Å². The van der Waals surface area contributed by atoms with Crippen molar-refractivity contribution in [2.75, 3.05) is 22.9 Å². The van der Waals surface area contributed by atoms with E-state index in [0.29, 0.717) is 22.3 Å². The molecule has 0 aliphatic heterocycles. The molecular formula is C39H42N4O. The fourth-order valence-electron chi connectivity index (χ4n) is 5.39. The highest BCUT2D eigenvalue weighted by Gasteiger charge is 2.15. The van der Waals surface area contributed by atoms with Gasteiger partial charge in [0.15, 0.2) is 5.78 Å². The molecule has 4 aromatic rings. The van der Waals surface area contributed by atoms with Gasteiger partial charge in [0.1, 0.15) is 0 Å². The monoisotopic (exact) mass is 582 g/mol. The van der Waals surface area contributed by atoms with Crippen LogP contribution in [-0.4, -0.2) is 18.9 Å². The van der Waals surface area contributed by atoms with Crippen LogP contribution >= 0.6 is 0 Å². The minimum Gasteiger partial charge on any atom is -0.341 e. The number of hydrogen-bond acceptors (Lipinski definition) is 5. The molecule has 44 heavy (non-hydrogen) atoms. The summed E-state index contributed by atoms with van der Waals surface area (Å²) in [7, 11) is 0. The van der Waals surface area contributed by atoms with Gasteiger partial charge in [0.05, 0.1) is 23.3 Å². The van der Waals surface area contributed by atoms with Crippen molar-refractivity contribution in [2.24, 2.45) is 0 Å². The molecule has 224 valence electrons. The lowest BCUT2D eigenvalue weighted by atomic mass is 10.0. The zero-order valence-electron chi connectivity index (χ0n) is 26.0. The molecule has 0 amide bonds. The first kappa shape index (κ1) is 32.1. The summed E-state index contributed by atoms with van der Waals surface area (Å²) < 4.78 is 0. The Hall–Kier alpha value is -4.87. The van der Waals surface area contributed by atoms with Crippen molar-refractivity contribution in [3.8, 4) is 12.1 Å². The van der Waals surface area contributed by atoms with Gasteiger partial charge in [0, 0.05) is 47.0 Å². The van der Waals surface area contributed by atoms with Gasteiger partial charge in [-0.1, -0.05) is 52.4 Å². The summed E-state index contributed by atoms with van der Waals surface area (Å²) in [5.41, 5.74) is 6.71. The van der Waals surface area contributed by atoms with E-state index in [1.165, 1.54) is 25.7 Å². The molecule has 4 aromatic carbocycles. The summed E-state index contributed by atoms with van der Waals surface area (Å²) in [4.78, 5) is 18.0. The van der Waals surface area contributed by atoms with E-state index in [-0.39, 0.29) is 5.78 Å². The van der Waals surface area contributed by atoms with Crippen LogP contribution in [0.1, 0.15) is 92.3 Å². The zero-order chi connectivity index (χ0) is 31.1. The standard InChI is InChI=1S/C39H42N4O/c1-3-5-7-9-27-42(35-19-11-31(29-40)12-20-35)37-23-15-33(16-24-37)39(44)34-17-25-38(26-18-34)43(28-10-8-6-4-2)36-21-13-32(30-41)14-22-36/h11-26H,3-10,27-28H2,1-2H3. The number of anilines is 4. The third kappa shape index (κ3) is 8.59. The van der Waals surface area contributed by atoms with E-state index in [1.54, 1.807) is 0 Å². The van der Waals surface area contributed by atoms with Crippen LogP contribution < -0.4 is 9.80 Å². The molecule has 0 N–H and O–H groups in total. The fraction of sp³-hybridized carbons (Fsp3) is 0.308. The van der Waals surface area contributed by atoms with Gasteiger partial charge < -0.3 is 9.80 Å². The summed E-state index contributed by atoms with van der Waals surface area (Å²) in [5, 5.41) is 18.4. The van der Waals surface area contributed by atoms with Gasteiger partial charge in [-0.2, -0.15) is 10.5 Å². The predicted molar refractivity (Wildman–Crippen MR) is 181 cm³/mol. The van der Waals surface area contributed by atoms with Crippen molar-refractivity contribution in [1.29, 1.82) is 10.5 Å². The van der Waals surface area contributed by atoms with Crippen molar-refractivity contribution in [1.82, 2.24) is 0 Å². The number of carbonyl (C=O) groups is 1. The van der Waals surface area contributed by atoms with Crippen molar-refractivity contribution in [3.05, 3.63) is 119 Å². The molecule has 0 aliphatic carbocycles. The van der Waals surface area contributed by atoms with Gasteiger partial charge in [-0.3, -0.25) is 4.79 Å². The third-order valence-corrected chi connectivity index (χ3v) is 7.97. The Morgan fingerprint density at radius 2 is 0.818 bits per heavy atom. The highest BCUT2D eigenvalue weighted by Crippen LogP contribution is 2.29. The summed E-state index contributed by atoms with van der Waals surface area (Å²) in [6.45, 7) is 6.16. The van der Waals surface area contributed by atoms with Crippen molar-refractivity contribution < 1.29 is 4.79 Å². The fourth-order valence-corrected chi connectivity index (χ4v) is 5.39. The van der Waals surface area contributed by atoms with E-state index in [9.17, 15) is 15.3 Å². The van der Waals surface area contributed by atoms with E-state index < -0.39 is 0 Å². The first-order chi connectivity index (χ1) is 21.6. The second kappa shape index (κ2) is 16.7. The first-order valence-electron chi connectivity index (χ1n) is 15.9. The summed E-state index contributed by atoms with van der Waals surface area (Å²) in [5.74, 6) is -0.0103. The molecule has 0 spiro atoms. The van der Waals surface area contributed by atoms with E-state index in [1.807, 2.05) is 97.1 Å². The highest BCUT2D eigenvalue weighted by atomic mass is 16.1. The Labute approximate surface area is 263 Å². The molecule has 0 bridgehead atoms. The normalized spacial score (nSPS) is 10.5. The minimum atomic E-state index is -0.0103. The van der Waals surface area contributed by atoms with Crippen LogP contribution in [0.5, 0.6) is 0 Å². The van der Waals surface area contributed by atoms with Gasteiger partial charge in [-0.05, 0) is 110 Å². The maximum atomic E-state index is 13.5. The molecule has 5 heteroatoms. The number of unbranched alkanes of at least 4 members (excludes halogenated alkanes) is 6. The van der Waals surface area contributed by atoms with Crippen LogP contribution in [0, 0.1) is 22.7 Å². The number of nitrogens with zero attached hydrogens (tertiary/aromatic N) is 4. The minimum absolute atomic E-state index is 0.0103. The van der Waals surface area contributed by atoms with E-state index in [0.717, 1.165) is 61.5 Å². The molecule has 0 saturated carbocycles. The van der Waals surface area contributed by atoms with E-state index >= 15 is 0 Å². The Bertz CT molecular complexity index is 1420. The molecule has 0 heterocycles. The molecule has 0 saturated heterocycles. The predicted octanol–water partition coefficient (Wildman–Crippen LogP) is 10.1. The van der Waals surface area contributed by atoms with Crippen LogP contribution in [0.4, 0.5) is 22.7 Å². The van der Waals surface area contributed by atoms with Gasteiger partial charge in [-0.15, -0.1) is 0 Å². The number of carbonyl (C=O) groups excluding carboxylic acids is 1. The van der Waals surface area contributed by atoms with Crippen LogP contribution in [0.25, 0.3) is 0 Å². The summed E-state index contributed by atoms with van der Waals surface area (Å²) >= 11 is 0. The second-order valence-corrected chi connectivity index (χ2v) is 11.2. The van der Waals surface area contributed by atoms with Gasteiger partial charge in [0.25, 0.3) is 0 Å². The zero-order valence-corrected chi connectivity index (χ0v) is 26.0. The van der Waals surface area contributed by atoms with Crippen molar-refractivity contribution in [3.63, 3.8) is 0 Å². The number of nitriles is 2. The molecule has 0 atom stereocenters. The summed E-state index contributed by atoms with van der Waals surface area (Å²) in [6, 6.07) is 35.4. The van der Waals surface area contributed by atoms with E-state index in [4.69, 9.17) is 0 Å². The molecule has 0 aromatic heterocycles. The topological polar surface area (TPSA) is 71.1 Å². The Balaban J connectivity index is 1.51. The average molecular weight is 583 g/mol. The molecule has 4 rings (SSSR count). The maximum absolute atomic E-state index is 13.5. The Morgan fingerprint density at radius 1 is 0.500 bits per heavy atom. The van der Waals surface area contributed by atoms with Crippen LogP contribution in [0.2, 0.25) is 0 Å². The van der Waals surface area contributed by atoms with Crippen molar-refractivity contribution >= 4 is 28.5 Å². The number of ketones is 1. The lowest BCUT2D eigenvalue weighted by Gasteiger charge is -2.26. The Morgan fingerprint density at radius 3 is 1.11 bits per heavy atom. The quantitative estimate of drug-likeness (QED) is 0.0971. The highest BCUT2D eigenvalue weighted by molar-refractivity contribution is 6.09. The first-order valence-corrected chi connectivity index (χ1v) is 15.9. The smallest absolute Gasteiger partial charge is 0.193 e. The molecule has 5 nitrogen and oxygen atoms in total. The maximum Gasteiger partial charge on any atom is 0.193 e. The molecule has 0 aliphatic rings. The average Bonchev–Trinajstić information content (AvgIpc) is 3.08. The van der Waals surface area contributed by atoms with Crippen LogP contribution in [0.15, 0.2) is 97.1 Å². The largest absolute Gasteiger partial charge is 0.341 e. The number of rotatable bonds is 16. The molecule has 0 fully saturated rings. The number of benzene rings is 4. The molecule has 0 unspecified atom stereocenters. The van der Waals surface area contributed by atoms with Crippen molar-refractivity contribution in [2.45, 2.75) is 65.2 Å². The van der Waals surface area contributed by atoms with Gasteiger partial charge >= 0.3 is 0 Å². The SMILES string of the molecule is CCCCCCN(c1ccc(C#N)cc1)c1ccc(C(=O)c2ccc(N(CCCCCC)c3ccc(C#N)cc3)cc2)cc1. The lowest BCUT2D eigenvalue weighted by molar-refractivity contribution is 0.103. The third-order valence-electron chi connectivity index (χ3n) is 7.97. The molecular weight excluding hydrogens is 540 g/mol. The number of hydrogen-bond donors (Lipinski definition) is 0. The summed E-state index contributed by atoms with van der Waals surface area (Å²) in [6.07, 6.45) is 9.24. The van der Waals surface area contributed by atoms with Gasteiger partial charge in [-0.25, -0.2) is 0 Å². The lowest BCUT2D eigenvalue weighted by Crippen LogP contribution is -2.19. The Kier molecular flexibility index (Phi) is 12.2. The van der Waals surface area contributed by atoms with Crippen LogP contribution in [-0.2, 0) is 0 Å². The van der Waals surface area contributed by atoms with Gasteiger partial charge in [0.2, 0.25) is 0 Å².